The summed E-state index contributed by atoms with van der Waals surface area (Å²) in [7, 11) is 6.23. The van der Waals surface area contributed by atoms with E-state index in [0.29, 0.717) is 28.4 Å². The van der Waals surface area contributed by atoms with Gasteiger partial charge >= 0.3 is 0 Å². The maximum atomic E-state index is 12.9. The molecular formula is C24H28O5. The minimum Gasteiger partial charge on any atom is -0.497 e. The molecule has 0 aliphatic heterocycles. The van der Waals surface area contributed by atoms with Gasteiger partial charge in [-0.05, 0) is 36.4 Å². The highest BCUT2D eigenvalue weighted by atomic mass is 16.5. The molecule has 0 aromatic heterocycles. The maximum absolute atomic E-state index is 12.9. The lowest BCUT2D eigenvalue weighted by Gasteiger charge is -2.24. The Labute approximate surface area is 172 Å². The van der Waals surface area contributed by atoms with Gasteiger partial charge in [-0.1, -0.05) is 19.9 Å². The van der Waals surface area contributed by atoms with Crippen molar-refractivity contribution in [2.24, 2.45) is 0 Å². The smallest absolute Gasteiger partial charge is 0.227 e. The van der Waals surface area contributed by atoms with Crippen LogP contribution in [-0.4, -0.2) is 34.2 Å². The van der Waals surface area contributed by atoms with Crippen LogP contribution in [0.15, 0.2) is 54.8 Å². The number of ketones is 1. The van der Waals surface area contributed by atoms with Gasteiger partial charge in [-0.3, -0.25) is 4.79 Å². The average Bonchev–Trinajstić information content (AvgIpc) is 2.76. The third kappa shape index (κ3) is 4.80. The van der Waals surface area contributed by atoms with E-state index in [1.165, 1.54) is 7.11 Å². The average molecular weight is 396 g/mol. The second-order valence-corrected chi connectivity index (χ2v) is 6.99. The van der Waals surface area contributed by atoms with Crippen molar-refractivity contribution in [2.45, 2.75) is 19.3 Å². The summed E-state index contributed by atoms with van der Waals surface area (Å²) in [6.07, 6.45) is 3.53. The molecule has 2 aromatic rings. The molecule has 0 spiro atoms. The number of allylic oxidation sites excluding steroid dienone is 2. The van der Waals surface area contributed by atoms with Gasteiger partial charge in [0.25, 0.3) is 0 Å². The second-order valence-electron chi connectivity index (χ2n) is 6.99. The Kier molecular flexibility index (Phi) is 7.10. The van der Waals surface area contributed by atoms with E-state index in [0.717, 1.165) is 5.56 Å². The lowest BCUT2D eigenvalue weighted by atomic mass is 9.83. The molecule has 0 atom stereocenters. The number of Topliss-reactive ketones (excluding diaryl/α,β-unsaturated/α-hetero) is 1. The predicted octanol–water partition coefficient (Wildman–Crippen LogP) is 5.05. The Hall–Kier alpha value is -3.21. The molecule has 0 aliphatic carbocycles. The zero-order chi connectivity index (χ0) is 21.6. The first kappa shape index (κ1) is 22.1. The predicted molar refractivity (Wildman–Crippen MR) is 115 cm³/mol. The van der Waals surface area contributed by atoms with Crippen molar-refractivity contribution in [2.75, 3.05) is 28.4 Å². The number of rotatable bonds is 9. The molecule has 0 N–H and O–H groups in total. The minimum atomic E-state index is -0.340. The summed E-state index contributed by atoms with van der Waals surface area (Å²) in [5, 5.41) is 0. The van der Waals surface area contributed by atoms with Crippen LogP contribution in [-0.2, 0) is 10.2 Å². The molecule has 0 bridgehead atoms. The molecule has 0 fully saturated rings. The number of carbonyl (C=O) groups excluding carboxylic acids is 1. The van der Waals surface area contributed by atoms with Crippen LogP contribution in [0.3, 0.4) is 0 Å². The van der Waals surface area contributed by atoms with Gasteiger partial charge in [-0.25, -0.2) is 0 Å². The third-order valence-electron chi connectivity index (χ3n) is 4.84. The summed E-state index contributed by atoms with van der Waals surface area (Å²) >= 11 is 0. The van der Waals surface area contributed by atoms with Crippen molar-refractivity contribution < 1.29 is 23.7 Å². The third-order valence-corrected chi connectivity index (χ3v) is 4.84. The van der Waals surface area contributed by atoms with Crippen LogP contribution in [0.1, 0.15) is 35.3 Å². The number of ether oxygens (including phenoxy) is 4. The van der Waals surface area contributed by atoms with E-state index in [1.807, 2.05) is 26.0 Å². The van der Waals surface area contributed by atoms with Crippen LogP contribution in [0.4, 0.5) is 0 Å². The number of carbonyl (C=O) groups is 1. The molecule has 0 saturated heterocycles. The summed E-state index contributed by atoms with van der Waals surface area (Å²) in [5.41, 5.74) is 1.79. The Morgan fingerprint density at radius 3 is 2.03 bits per heavy atom. The van der Waals surface area contributed by atoms with Crippen molar-refractivity contribution in [1.82, 2.24) is 0 Å². The quantitative estimate of drug-likeness (QED) is 0.257. The van der Waals surface area contributed by atoms with Crippen LogP contribution < -0.4 is 14.2 Å². The highest BCUT2D eigenvalue weighted by Crippen LogP contribution is 2.38. The van der Waals surface area contributed by atoms with Crippen molar-refractivity contribution in [3.63, 3.8) is 0 Å². The fraction of sp³-hybridized carbons (Fsp3) is 0.292. The zero-order valence-corrected chi connectivity index (χ0v) is 17.9. The molecule has 0 radical (unpaired) electrons. The Morgan fingerprint density at radius 1 is 0.931 bits per heavy atom. The Balaban J connectivity index is 2.57. The molecule has 5 heteroatoms. The van der Waals surface area contributed by atoms with Crippen molar-refractivity contribution >= 4 is 11.9 Å². The fourth-order valence-electron chi connectivity index (χ4n) is 2.89. The highest BCUT2D eigenvalue weighted by Gasteiger charge is 2.24. The van der Waals surface area contributed by atoms with Crippen LogP contribution in [0.25, 0.3) is 6.08 Å². The van der Waals surface area contributed by atoms with Gasteiger partial charge in [0.1, 0.15) is 17.2 Å². The lowest BCUT2D eigenvalue weighted by Crippen LogP contribution is -2.15. The monoisotopic (exact) mass is 396 g/mol. The standard InChI is InChI=1S/C24H28O5/c1-8-24(2,3)19-13-17(20(27-5)15-21(19)28-6)14-22(29-7)23(25)16-9-11-18(26-4)12-10-16/h8-15H,1H2,2-7H3. The molecule has 0 saturated carbocycles. The van der Waals surface area contributed by atoms with Gasteiger partial charge in [0.15, 0.2) is 5.76 Å². The minimum absolute atomic E-state index is 0.195. The Morgan fingerprint density at radius 2 is 1.55 bits per heavy atom. The molecule has 0 unspecified atom stereocenters. The van der Waals surface area contributed by atoms with E-state index in [9.17, 15) is 4.79 Å². The summed E-state index contributed by atoms with van der Waals surface area (Å²) < 4.78 is 21.6. The summed E-state index contributed by atoms with van der Waals surface area (Å²) in [6, 6.07) is 10.6. The topological polar surface area (TPSA) is 54.0 Å². The molecule has 5 nitrogen and oxygen atoms in total. The lowest BCUT2D eigenvalue weighted by molar-refractivity contribution is 0.0957. The fourth-order valence-corrected chi connectivity index (χ4v) is 2.89. The van der Waals surface area contributed by atoms with Gasteiger partial charge in [-0.2, -0.15) is 0 Å². The molecule has 2 rings (SSSR count). The van der Waals surface area contributed by atoms with Gasteiger partial charge < -0.3 is 18.9 Å². The van der Waals surface area contributed by atoms with Gasteiger partial charge in [0, 0.05) is 28.2 Å². The molecule has 154 valence electrons. The largest absolute Gasteiger partial charge is 0.497 e. The summed E-state index contributed by atoms with van der Waals surface area (Å²) in [6.45, 7) is 8.00. The van der Waals surface area contributed by atoms with Gasteiger partial charge in [0.05, 0.1) is 28.4 Å². The van der Waals surface area contributed by atoms with E-state index in [-0.39, 0.29) is 17.0 Å². The van der Waals surface area contributed by atoms with E-state index in [4.69, 9.17) is 18.9 Å². The molecule has 2 aromatic carbocycles. The van der Waals surface area contributed by atoms with E-state index < -0.39 is 0 Å². The van der Waals surface area contributed by atoms with Gasteiger partial charge in [0.2, 0.25) is 5.78 Å². The Bertz CT molecular complexity index is 908. The number of hydrogen-bond acceptors (Lipinski definition) is 5. The van der Waals surface area contributed by atoms with Crippen molar-refractivity contribution in [1.29, 1.82) is 0 Å². The van der Waals surface area contributed by atoms with E-state index in [2.05, 4.69) is 6.58 Å². The van der Waals surface area contributed by atoms with E-state index >= 15 is 0 Å². The molecular weight excluding hydrogens is 368 g/mol. The van der Waals surface area contributed by atoms with Crippen LogP contribution >= 0.6 is 0 Å². The zero-order valence-electron chi connectivity index (χ0n) is 17.9. The molecule has 29 heavy (non-hydrogen) atoms. The van der Waals surface area contributed by atoms with Crippen LogP contribution in [0.5, 0.6) is 17.2 Å². The van der Waals surface area contributed by atoms with E-state index in [1.54, 1.807) is 57.7 Å². The van der Waals surface area contributed by atoms with Crippen LogP contribution in [0.2, 0.25) is 0 Å². The first-order valence-electron chi connectivity index (χ1n) is 9.15. The van der Waals surface area contributed by atoms with Crippen molar-refractivity contribution in [3.8, 4) is 17.2 Å². The first-order chi connectivity index (χ1) is 13.8. The maximum Gasteiger partial charge on any atom is 0.227 e. The number of hydrogen-bond donors (Lipinski definition) is 0. The number of benzene rings is 2. The second kappa shape index (κ2) is 9.32. The molecule has 0 aliphatic rings. The van der Waals surface area contributed by atoms with Gasteiger partial charge in [-0.15, -0.1) is 6.58 Å². The summed E-state index contributed by atoms with van der Waals surface area (Å²) in [4.78, 5) is 12.9. The first-order valence-corrected chi connectivity index (χ1v) is 9.15. The number of methoxy groups -OCH3 is 4. The SMILES string of the molecule is C=CC(C)(C)c1cc(C=C(OC)C(=O)c2ccc(OC)cc2)c(OC)cc1OC. The summed E-state index contributed by atoms with van der Waals surface area (Å²) in [5.74, 6) is 1.89. The van der Waals surface area contributed by atoms with Crippen molar-refractivity contribution in [3.05, 3.63) is 71.5 Å². The molecule has 0 amide bonds. The molecule has 0 heterocycles. The highest BCUT2D eigenvalue weighted by molar-refractivity contribution is 6.10. The normalized spacial score (nSPS) is 11.6. The van der Waals surface area contributed by atoms with Crippen LogP contribution in [0, 0.1) is 0 Å².